The largest absolute Gasteiger partial charge is 0.377 e. The quantitative estimate of drug-likeness (QED) is 0.741. The third-order valence-electron chi connectivity index (χ3n) is 4.36. The van der Waals surface area contributed by atoms with E-state index in [4.69, 9.17) is 4.74 Å². The first-order chi connectivity index (χ1) is 8.65. The van der Waals surface area contributed by atoms with E-state index >= 15 is 0 Å². The first-order valence-corrected chi connectivity index (χ1v) is 8.59. The van der Waals surface area contributed by atoms with Crippen LogP contribution in [0.15, 0.2) is 0 Å². The van der Waals surface area contributed by atoms with Crippen molar-refractivity contribution >= 4 is 10.0 Å². The molecule has 3 heterocycles. The molecule has 3 rings (SSSR count). The lowest BCUT2D eigenvalue weighted by atomic mass is 10.2. The molecule has 0 radical (unpaired) electrons. The molecule has 0 aliphatic carbocycles. The van der Waals surface area contributed by atoms with Crippen molar-refractivity contribution in [2.24, 2.45) is 0 Å². The Morgan fingerprint density at radius 2 is 2.00 bits per heavy atom. The van der Waals surface area contributed by atoms with Crippen molar-refractivity contribution in [2.45, 2.75) is 37.8 Å². The molecular weight excluding hydrogens is 252 g/mol. The van der Waals surface area contributed by atoms with Gasteiger partial charge in [-0.05, 0) is 32.2 Å². The van der Waals surface area contributed by atoms with Crippen LogP contribution in [0.1, 0.15) is 25.7 Å². The van der Waals surface area contributed by atoms with Crippen molar-refractivity contribution in [3.05, 3.63) is 0 Å². The third-order valence-corrected chi connectivity index (χ3v) is 6.28. The molecule has 18 heavy (non-hydrogen) atoms. The second-order valence-electron chi connectivity index (χ2n) is 5.60. The monoisotopic (exact) mass is 274 g/mol. The maximum atomic E-state index is 12.4. The highest BCUT2D eigenvalue weighted by molar-refractivity contribution is 7.89. The molecule has 3 aliphatic rings. The van der Waals surface area contributed by atoms with Crippen LogP contribution in [0.25, 0.3) is 0 Å². The molecule has 0 N–H and O–H groups in total. The Balaban J connectivity index is 1.62. The third kappa shape index (κ3) is 2.57. The van der Waals surface area contributed by atoms with Gasteiger partial charge in [-0.1, -0.05) is 0 Å². The first-order valence-electron chi connectivity index (χ1n) is 6.99. The van der Waals surface area contributed by atoms with Gasteiger partial charge in [-0.3, -0.25) is 4.90 Å². The number of nitrogens with zero attached hydrogens (tertiary/aromatic N) is 2. The van der Waals surface area contributed by atoms with Crippen molar-refractivity contribution < 1.29 is 13.2 Å². The summed E-state index contributed by atoms with van der Waals surface area (Å²) in [7, 11) is -3.12. The number of ether oxygens (including phenoxy) is 1. The Hall–Kier alpha value is -0.170. The molecule has 104 valence electrons. The summed E-state index contributed by atoms with van der Waals surface area (Å²) in [6.45, 7) is 4.11. The normalized spacial score (nSPS) is 34.9. The minimum atomic E-state index is -3.12. The minimum Gasteiger partial charge on any atom is -0.377 e. The molecule has 0 unspecified atom stereocenters. The van der Waals surface area contributed by atoms with Crippen molar-refractivity contribution in [3.63, 3.8) is 0 Å². The Kier molecular flexibility index (Phi) is 3.62. The van der Waals surface area contributed by atoms with E-state index in [-0.39, 0.29) is 11.9 Å². The highest BCUT2D eigenvalue weighted by Gasteiger charge is 2.36. The molecule has 3 saturated heterocycles. The van der Waals surface area contributed by atoms with E-state index in [1.807, 2.05) is 0 Å². The van der Waals surface area contributed by atoms with E-state index in [0.717, 1.165) is 39.0 Å². The van der Waals surface area contributed by atoms with Crippen molar-refractivity contribution in [2.75, 3.05) is 38.5 Å². The summed E-state index contributed by atoms with van der Waals surface area (Å²) >= 11 is 0. The second-order valence-corrected chi connectivity index (χ2v) is 7.62. The molecule has 0 aromatic carbocycles. The SMILES string of the molecule is O=S(=O)(C[C@H]1CCCO1)N1CCN2CCC[C@@H]2C1. The zero-order valence-electron chi connectivity index (χ0n) is 10.8. The molecule has 3 fully saturated rings. The van der Waals surface area contributed by atoms with Gasteiger partial charge in [-0.2, -0.15) is 4.31 Å². The number of fused-ring (bicyclic) bond motifs is 1. The predicted molar refractivity (Wildman–Crippen MR) is 68.9 cm³/mol. The van der Waals surface area contributed by atoms with Gasteiger partial charge >= 0.3 is 0 Å². The van der Waals surface area contributed by atoms with Gasteiger partial charge in [0, 0.05) is 32.3 Å². The number of piperazine rings is 1. The summed E-state index contributed by atoms with van der Waals surface area (Å²) in [6.07, 6.45) is 4.17. The van der Waals surface area contributed by atoms with Crippen LogP contribution in [-0.2, 0) is 14.8 Å². The summed E-state index contributed by atoms with van der Waals surface area (Å²) < 4.78 is 31.9. The van der Waals surface area contributed by atoms with Gasteiger partial charge < -0.3 is 4.74 Å². The fourth-order valence-electron chi connectivity index (χ4n) is 3.33. The van der Waals surface area contributed by atoms with Gasteiger partial charge in [0.2, 0.25) is 10.0 Å². The van der Waals surface area contributed by atoms with Crippen LogP contribution < -0.4 is 0 Å². The molecule has 6 heteroatoms. The van der Waals surface area contributed by atoms with Crippen LogP contribution in [0.5, 0.6) is 0 Å². The Morgan fingerprint density at radius 1 is 1.11 bits per heavy atom. The van der Waals surface area contributed by atoms with Crippen LogP contribution >= 0.6 is 0 Å². The second kappa shape index (κ2) is 5.07. The topological polar surface area (TPSA) is 49.9 Å². The van der Waals surface area contributed by atoms with Crippen molar-refractivity contribution in [1.29, 1.82) is 0 Å². The number of hydrogen-bond acceptors (Lipinski definition) is 4. The van der Waals surface area contributed by atoms with Crippen LogP contribution in [0.2, 0.25) is 0 Å². The van der Waals surface area contributed by atoms with E-state index in [2.05, 4.69) is 4.90 Å². The van der Waals surface area contributed by atoms with E-state index < -0.39 is 10.0 Å². The standard InChI is InChI=1S/C12H22N2O3S/c15-18(16,10-12-4-2-8-17-12)14-7-6-13-5-1-3-11(13)9-14/h11-12H,1-10H2/t11-,12-/m1/s1. The smallest absolute Gasteiger partial charge is 0.216 e. The van der Waals surface area contributed by atoms with Crippen LogP contribution in [-0.4, -0.2) is 68.3 Å². The zero-order valence-corrected chi connectivity index (χ0v) is 11.6. The molecule has 0 aromatic heterocycles. The van der Waals surface area contributed by atoms with Gasteiger partial charge in [-0.25, -0.2) is 8.42 Å². The lowest BCUT2D eigenvalue weighted by Gasteiger charge is -2.37. The number of sulfonamides is 1. The first kappa shape index (κ1) is 12.8. The molecule has 5 nitrogen and oxygen atoms in total. The van der Waals surface area contributed by atoms with E-state index in [9.17, 15) is 8.42 Å². The Morgan fingerprint density at radius 3 is 2.78 bits per heavy atom. The Bertz CT molecular complexity index is 392. The minimum absolute atomic E-state index is 0.0726. The molecule has 0 saturated carbocycles. The zero-order chi connectivity index (χ0) is 12.6. The molecule has 2 atom stereocenters. The van der Waals surface area contributed by atoms with Crippen LogP contribution in [0, 0.1) is 0 Å². The lowest BCUT2D eigenvalue weighted by molar-refractivity contribution is 0.123. The van der Waals surface area contributed by atoms with Gasteiger partial charge in [0.25, 0.3) is 0 Å². The number of rotatable bonds is 3. The van der Waals surface area contributed by atoms with Crippen molar-refractivity contribution in [3.8, 4) is 0 Å². The Labute approximate surface area is 109 Å². The van der Waals surface area contributed by atoms with E-state index in [0.29, 0.717) is 19.1 Å². The summed E-state index contributed by atoms with van der Waals surface area (Å²) in [6, 6.07) is 0.457. The highest BCUT2D eigenvalue weighted by Crippen LogP contribution is 2.24. The van der Waals surface area contributed by atoms with Gasteiger partial charge in [0.05, 0.1) is 11.9 Å². The summed E-state index contributed by atoms with van der Waals surface area (Å²) in [5.41, 5.74) is 0. The summed E-state index contributed by atoms with van der Waals surface area (Å²) in [5.74, 6) is 0.180. The molecule has 0 spiro atoms. The maximum Gasteiger partial charge on any atom is 0.216 e. The molecule has 3 aliphatic heterocycles. The fourth-order valence-corrected chi connectivity index (χ4v) is 5.03. The summed E-state index contributed by atoms with van der Waals surface area (Å²) in [4.78, 5) is 2.43. The predicted octanol–water partition coefficient (Wildman–Crippen LogP) is 0.275. The number of hydrogen-bond donors (Lipinski definition) is 0. The van der Waals surface area contributed by atoms with Crippen LogP contribution in [0.3, 0.4) is 0 Å². The average molecular weight is 274 g/mol. The van der Waals surface area contributed by atoms with E-state index in [1.54, 1.807) is 4.31 Å². The molecular formula is C12H22N2O3S. The fraction of sp³-hybridized carbons (Fsp3) is 1.00. The average Bonchev–Trinajstić information content (AvgIpc) is 2.97. The molecule has 0 aromatic rings. The van der Waals surface area contributed by atoms with Crippen LogP contribution in [0.4, 0.5) is 0 Å². The molecule has 0 amide bonds. The van der Waals surface area contributed by atoms with Gasteiger partial charge in [0.15, 0.2) is 0 Å². The lowest BCUT2D eigenvalue weighted by Crippen LogP contribution is -2.53. The van der Waals surface area contributed by atoms with E-state index in [1.165, 1.54) is 6.42 Å². The van der Waals surface area contributed by atoms with Gasteiger partial charge in [0.1, 0.15) is 0 Å². The summed E-state index contributed by atoms with van der Waals surface area (Å²) in [5, 5.41) is 0. The van der Waals surface area contributed by atoms with Gasteiger partial charge in [-0.15, -0.1) is 0 Å². The maximum absolute atomic E-state index is 12.4. The highest BCUT2D eigenvalue weighted by atomic mass is 32.2. The molecule has 0 bridgehead atoms. The van der Waals surface area contributed by atoms with Crippen molar-refractivity contribution in [1.82, 2.24) is 9.21 Å².